The van der Waals surface area contributed by atoms with Crippen LogP contribution in [0.4, 0.5) is 0 Å². The molecule has 0 saturated heterocycles. The Morgan fingerprint density at radius 1 is 0.250 bits per heavy atom. The molecule has 0 atom stereocenters. The van der Waals surface area contributed by atoms with Crippen LogP contribution in [-0.2, 0) is 17.1 Å². The molecule has 0 fully saturated rings. The van der Waals surface area contributed by atoms with Gasteiger partial charge in [-0.15, -0.1) is 0 Å². The molecule has 63 valence electrons. The summed E-state index contributed by atoms with van der Waals surface area (Å²) in [6, 6.07) is 0. The molecular weight excluding hydrogens is 167 g/mol. The molecule has 0 rings (SSSR count). The molecule has 0 aliphatic heterocycles. The molecule has 0 aliphatic carbocycles. The van der Waals surface area contributed by atoms with Gasteiger partial charge in [-0.2, -0.15) is 0 Å². The van der Waals surface area contributed by atoms with E-state index in [-0.39, 0.29) is 55.4 Å². The summed E-state index contributed by atoms with van der Waals surface area (Å²) in [6.45, 7) is 0. The first-order valence-electron chi connectivity index (χ1n) is 0. The Kier molecular flexibility index (Phi) is 4630000. The Morgan fingerprint density at radius 3 is 0.250 bits per heavy atom. The van der Waals surface area contributed by atoms with Crippen LogP contribution in [0.5, 0.6) is 0 Å². The summed E-state index contributed by atoms with van der Waals surface area (Å²) in [7, 11) is 0. The van der Waals surface area contributed by atoms with Crippen molar-refractivity contribution in [1.82, 2.24) is 0 Å². The molecule has 0 saturated carbocycles. The summed E-state index contributed by atoms with van der Waals surface area (Å²) < 4.78 is 0. The molecule has 0 amide bonds. The van der Waals surface area contributed by atoms with Crippen LogP contribution in [0.25, 0.3) is 0 Å². The first kappa shape index (κ1) is 7530. The van der Waals surface area contributed by atoms with Crippen molar-refractivity contribution in [3.63, 3.8) is 0 Å². The van der Waals surface area contributed by atoms with Crippen LogP contribution in [0.2, 0.25) is 0 Å². The second-order valence-electron chi connectivity index (χ2n) is 0. The predicted octanol–water partition coefficient (Wildman–Crippen LogP) is -5.78. The molecule has 8 heteroatoms. The molecule has 14 N–H and O–H groups in total. The zero-order chi connectivity index (χ0) is 0. The van der Waals surface area contributed by atoms with E-state index in [4.69, 9.17) is 0 Å². The largest absolute Gasteiger partial charge is 0.412 e. The summed E-state index contributed by atoms with van der Waals surface area (Å²) in [5.74, 6) is 0. The van der Waals surface area contributed by atoms with Crippen LogP contribution >= 0.6 is 0 Å². The zero-order valence-corrected chi connectivity index (χ0v) is 5.06. The molecule has 0 aromatic rings. The van der Waals surface area contributed by atoms with Gasteiger partial charge in [-0.25, -0.2) is 0 Å². The Bertz CT molecular complexity index is 4.35. The minimum Gasteiger partial charge on any atom is -0.412 e. The van der Waals surface area contributed by atoms with Gasteiger partial charge < -0.3 is 38.3 Å². The van der Waals surface area contributed by atoms with Gasteiger partial charge in [0, 0.05) is 17.1 Å². The van der Waals surface area contributed by atoms with Crippen molar-refractivity contribution >= 4 is 0 Å². The Labute approximate surface area is 56.3 Å². The van der Waals surface area contributed by atoms with Crippen LogP contribution in [0.15, 0.2) is 0 Å². The molecule has 0 aromatic heterocycles. The Hall–Kier alpha value is 0.239. The van der Waals surface area contributed by atoms with Crippen molar-refractivity contribution in [2.45, 2.75) is 0 Å². The normalized spacial score (nSPS) is 0. The van der Waals surface area contributed by atoms with E-state index in [2.05, 4.69) is 0 Å². The van der Waals surface area contributed by atoms with E-state index in [0.717, 1.165) is 0 Å². The summed E-state index contributed by atoms with van der Waals surface area (Å²) in [6.07, 6.45) is 0. The van der Waals surface area contributed by atoms with Gasteiger partial charge in [-0.1, -0.05) is 0 Å². The smallest absolute Gasteiger partial charge is 0 e. The van der Waals surface area contributed by atoms with E-state index >= 15 is 0 Å². The monoisotopic (exact) mass is 181 g/mol. The Morgan fingerprint density at radius 2 is 0.250 bits per heavy atom. The van der Waals surface area contributed by atoms with Crippen molar-refractivity contribution in [3.8, 4) is 0 Å². The molecule has 7 nitrogen and oxygen atoms in total. The first-order chi connectivity index (χ1) is 0. The van der Waals surface area contributed by atoms with Crippen molar-refractivity contribution in [2.75, 3.05) is 0 Å². The van der Waals surface area contributed by atoms with Crippen molar-refractivity contribution in [3.05, 3.63) is 0 Å². The summed E-state index contributed by atoms with van der Waals surface area (Å²) in [4.78, 5) is 0. The Balaban J connectivity index is 0. The van der Waals surface area contributed by atoms with Gasteiger partial charge in [0.05, 0.1) is 0 Å². The van der Waals surface area contributed by atoms with Gasteiger partial charge in [-0.05, 0) is 0 Å². The quantitative estimate of drug-likeness (QED) is 0.318. The van der Waals surface area contributed by atoms with Crippen molar-refractivity contribution in [2.24, 2.45) is 0 Å². The molecule has 8 heavy (non-hydrogen) atoms. The van der Waals surface area contributed by atoms with Gasteiger partial charge in [0.25, 0.3) is 0 Å². The maximum absolute atomic E-state index is 0. The number of rotatable bonds is 0. The van der Waals surface area contributed by atoms with E-state index < -0.39 is 0 Å². The molecule has 0 unspecified atom stereocenters. The summed E-state index contributed by atoms with van der Waals surface area (Å²) in [5.41, 5.74) is 0. The molecular formula is H14MnO7. The van der Waals surface area contributed by atoms with Crippen LogP contribution in [-0.4, -0.2) is 38.3 Å². The predicted molar refractivity (Wildman–Crippen MR) is 25.3 cm³/mol. The minimum atomic E-state index is 0. The topological polar surface area (TPSA) is 220 Å². The fourth-order valence-electron chi connectivity index (χ4n) is 0. The fraction of sp³-hybridized carbons (Fsp3) is 0. The molecule has 1 radical (unpaired) electrons. The van der Waals surface area contributed by atoms with Gasteiger partial charge >= 0.3 is 0 Å². The molecule has 0 spiro atoms. The standard InChI is InChI=1S/Mn.7H2O/h;7*1H2. The average molecular weight is 181 g/mol. The van der Waals surface area contributed by atoms with E-state index in [0.29, 0.717) is 0 Å². The summed E-state index contributed by atoms with van der Waals surface area (Å²) in [5, 5.41) is 0. The van der Waals surface area contributed by atoms with E-state index in [1.807, 2.05) is 0 Å². The van der Waals surface area contributed by atoms with Crippen LogP contribution in [0.1, 0.15) is 0 Å². The van der Waals surface area contributed by atoms with Crippen molar-refractivity contribution in [1.29, 1.82) is 0 Å². The van der Waals surface area contributed by atoms with Gasteiger partial charge in [0.2, 0.25) is 0 Å². The third kappa shape index (κ3) is 2990. The van der Waals surface area contributed by atoms with Gasteiger partial charge in [-0.3, -0.25) is 0 Å². The second-order valence-corrected chi connectivity index (χ2v) is 0. The molecule has 0 aromatic carbocycles. The van der Waals surface area contributed by atoms with Gasteiger partial charge in [0.1, 0.15) is 0 Å². The van der Waals surface area contributed by atoms with E-state index in [9.17, 15) is 0 Å². The molecule has 0 aliphatic rings. The third-order valence-corrected chi connectivity index (χ3v) is 0. The maximum Gasteiger partial charge on any atom is 0 e. The van der Waals surface area contributed by atoms with E-state index in [1.54, 1.807) is 0 Å². The molecule has 0 bridgehead atoms. The molecule has 0 heterocycles. The first-order valence-corrected chi connectivity index (χ1v) is 0. The third-order valence-electron chi connectivity index (χ3n) is 0. The summed E-state index contributed by atoms with van der Waals surface area (Å²) >= 11 is 0. The van der Waals surface area contributed by atoms with Crippen LogP contribution < -0.4 is 0 Å². The minimum absolute atomic E-state index is 0. The van der Waals surface area contributed by atoms with Crippen LogP contribution in [0, 0.1) is 0 Å². The van der Waals surface area contributed by atoms with Crippen LogP contribution in [0.3, 0.4) is 0 Å². The second kappa shape index (κ2) is 4910. The average Bonchev–Trinajstić information content (AvgIpc) is 0. The number of hydrogen-bond donors (Lipinski definition) is 0. The van der Waals surface area contributed by atoms with Gasteiger partial charge in [0.15, 0.2) is 0 Å². The fourth-order valence-corrected chi connectivity index (χ4v) is 0. The van der Waals surface area contributed by atoms with Crippen molar-refractivity contribution < 1.29 is 55.4 Å². The van der Waals surface area contributed by atoms with E-state index in [1.165, 1.54) is 0 Å². The zero-order valence-electron chi connectivity index (χ0n) is 3.88. The SMILES string of the molecule is O.O.O.O.O.O.O.[Mn]. The number of hydrogen-bond acceptors (Lipinski definition) is 0. The maximum atomic E-state index is 0.